The molecule has 110 valence electrons. The average molecular weight is 277 g/mol. The number of rotatable bonds is 5. The lowest BCUT2D eigenvalue weighted by atomic mass is 9.90. The van der Waals surface area contributed by atoms with Crippen molar-refractivity contribution in [1.29, 1.82) is 0 Å². The number of oxime groups is 1. The van der Waals surface area contributed by atoms with Gasteiger partial charge < -0.3 is 16.3 Å². The number of amides is 1. The van der Waals surface area contributed by atoms with Gasteiger partial charge >= 0.3 is 0 Å². The topological polar surface area (TPSA) is 87.7 Å². The lowest BCUT2D eigenvalue weighted by Crippen LogP contribution is -2.56. The summed E-state index contributed by atoms with van der Waals surface area (Å²) in [4.78, 5) is 12.4. The fraction of sp³-hybridized carbons (Fsp3) is 0.467. The highest BCUT2D eigenvalue weighted by atomic mass is 16.4. The van der Waals surface area contributed by atoms with Crippen molar-refractivity contribution in [1.82, 2.24) is 5.32 Å². The maximum absolute atomic E-state index is 12.4. The quantitative estimate of drug-likeness (QED) is 0.334. The van der Waals surface area contributed by atoms with Crippen LogP contribution in [0, 0.1) is 13.8 Å². The molecule has 0 radical (unpaired) electrons. The molecule has 0 aliphatic rings. The van der Waals surface area contributed by atoms with Crippen molar-refractivity contribution >= 4 is 11.7 Å². The molecule has 0 bridgehead atoms. The number of aryl methyl sites for hydroxylation is 2. The molecule has 1 aromatic carbocycles. The Morgan fingerprint density at radius 1 is 1.30 bits per heavy atom. The van der Waals surface area contributed by atoms with E-state index in [9.17, 15) is 4.79 Å². The summed E-state index contributed by atoms with van der Waals surface area (Å²) >= 11 is 0. The summed E-state index contributed by atoms with van der Waals surface area (Å²) < 4.78 is 0. The third-order valence-corrected chi connectivity index (χ3v) is 3.93. The van der Waals surface area contributed by atoms with Crippen LogP contribution in [0.4, 0.5) is 0 Å². The summed E-state index contributed by atoms with van der Waals surface area (Å²) in [5.74, 6) is -0.192. The van der Waals surface area contributed by atoms with Crippen LogP contribution >= 0.6 is 0 Å². The summed E-state index contributed by atoms with van der Waals surface area (Å²) in [6.07, 6.45) is 1.10. The Balaban J connectivity index is 3.05. The number of nitrogens with two attached hydrogens (primary N) is 1. The molecule has 0 saturated heterocycles. The first-order valence-electron chi connectivity index (χ1n) is 6.78. The number of benzene rings is 1. The Kier molecular flexibility index (Phi) is 5.13. The number of hydrogen-bond acceptors (Lipinski definition) is 3. The number of nitrogens with one attached hydrogen (secondary N) is 1. The van der Waals surface area contributed by atoms with Gasteiger partial charge in [0, 0.05) is 5.56 Å². The molecule has 4 N–H and O–H groups in total. The van der Waals surface area contributed by atoms with E-state index >= 15 is 0 Å². The molecular weight excluding hydrogens is 254 g/mol. The third kappa shape index (κ3) is 3.10. The van der Waals surface area contributed by atoms with Gasteiger partial charge in [-0.2, -0.15) is 0 Å². The molecule has 0 aliphatic heterocycles. The highest BCUT2D eigenvalue weighted by Crippen LogP contribution is 2.17. The van der Waals surface area contributed by atoms with E-state index in [-0.39, 0.29) is 11.7 Å². The van der Waals surface area contributed by atoms with Crippen molar-refractivity contribution in [3.8, 4) is 0 Å². The molecule has 5 nitrogen and oxygen atoms in total. The van der Waals surface area contributed by atoms with E-state index in [0.29, 0.717) is 18.4 Å². The van der Waals surface area contributed by atoms with Gasteiger partial charge in [-0.05, 0) is 49.9 Å². The molecular formula is C15H23N3O2. The second kappa shape index (κ2) is 6.41. The highest BCUT2D eigenvalue weighted by molar-refractivity contribution is 6.00. The number of carbonyl (C=O) groups is 1. The SMILES string of the molecule is CCC(CC)(NC(=O)c1ccc(C)c(C)c1)/C(N)=N/O. The van der Waals surface area contributed by atoms with E-state index in [4.69, 9.17) is 10.9 Å². The Morgan fingerprint density at radius 3 is 2.35 bits per heavy atom. The number of hydrogen-bond donors (Lipinski definition) is 3. The molecule has 0 aliphatic carbocycles. The van der Waals surface area contributed by atoms with Crippen molar-refractivity contribution in [3.63, 3.8) is 0 Å². The van der Waals surface area contributed by atoms with Crippen molar-refractivity contribution in [2.24, 2.45) is 10.9 Å². The molecule has 1 amide bonds. The first-order chi connectivity index (χ1) is 9.40. The molecule has 5 heteroatoms. The van der Waals surface area contributed by atoms with Gasteiger partial charge in [0.05, 0.1) is 0 Å². The maximum atomic E-state index is 12.4. The van der Waals surface area contributed by atoms with Crippen molar-refractivity contribution in [3.05, 3.63) is 34.9 Å². The Labute approximate surface area is 119 Å². The minimum Gasteiger partial charge on any atom is -0.409 e. The maximum Gasteiger partial charge on any atom is 0.252 e. The summed E-state index contributed by atoms with van der Waals surface area (Å²) in [6.45, 7) is 7.74. The molecule has 0 spiro atoms. The van der Waals surface area contributed by atoms with Gasteiger partial charge in [-0.25, -0.2) is 0 Å². The lowest BCUT2D eigenvalue weighted by molar-refractivity contribution is 0.0917. The Morgan fingerprint density at radius 2 is 1.90 bits per heavy atom. The first-order valence-corrected chi connectivity index (χ1v) is 6.78. The van der Waals surface area contributed by atoms with Gasteiger partial charge in [0.1, 0.15) is 5.54 Å². The largest absolute Gasteiger partial charge is 0.409 e. The molecule has 0 atom stereocenters. The van der Waals surface area contributed by atoms with Crippen LogP contribution in [0.25, 0.3) is 0 Å². The van der Waals surface area contributed by atoms with Gasteiger partial charge in [-0.3, -0.25) is 4.79 Å². The van der Waals surface area contributed by atoms with E-state index in [1.54, 1.807) is 6.07 Å². The Bertz CT molecular complexity index is 520. The van der Waals surface area contributed by atoms with Crippen LogP contribution in [-0.2, 0) is 0 Å². The summed E-state index contributed by atoms with van der Waals surface area (Å²) in [5, 5.41) is 14.9. The van der Waals surface area contributed by atoms with Crippen LogP contribution in [0.5, 0.6) is 0 Å². The fourth-order valence-corrected chi connectivity index (χ4v) is 2.12. The molecule has 20 heavy (non-hydrogen) atoms. The zero-order valence-corrected chi connectivity index (χ0v) is 12.5. The van der Waals surface area contributed by atoms with Crippen LogP contribution in [0.2, 0.25) is 0 Å². The minimum atomic E-state index is -0.815. The zero-order chi connectivity index (χ0) is 15.3. The molecule has 1 aromatic rings. The van der Waals surface area contributed by atoms with Gasteiger partial charge in [0.15, 0.2) is 5.84 Å². The van der Waals surface area contributed by atoms with Crippen LogP contribution in [0.3, 0.4) is 0 Å². The minimum absolute atomic E-state index is 0.0275. The molecule has 0 fully saturated rings. The van der Waals surface area contributed by atoms with E-state index in [1.807, 2.05) is 39.8 Å². The monoisotopic (exact) mass is 277 g/mol. The average Bonchev–Trinajstić information content (AvgIpc) is 2.46. The van der Waals surface area contributed by atoms with E-state index < -0.39 is 5.54 Å². The lowest BCUT2D eigenvalue weighted by Gasteiger charge is -2.31. The molecule has 0 saturated carbocycles. The summed E-state index contributed by atoms with van der Waals surface area (Å²) in [5.41, 5.74) is 7.69. The van der Waals surface area contributed by atoms with Gasteiger partial charge in [0.25, 0.3) is 5.91 Å². The van der Waals surface area contributed by atoms with Gasteiger partial charge in [-0.1, -0.05) is 25.1 Å². The van der Waals surface area contributed by atoms with Crippen LogP contribution in [0.1, 0.15) is 48.2 Å². The molecule has 0 unspecified atom stereocenters. The predicted octanol–water partition coefficient (Wildman–Crippen LogP) is 2.34. The van der Waals surface area contributed by atoms with Gasteiger partial charge in [-0.15, -0.1) is 0 Å². The van der Waals surface area contributed by atoms with E-state index in [2.05, 4.69) is 10.5 Å². The fourth-order valence-electron chi connectivity index (χ4n) is 2.12. The molecule has 1 rings (SSSR count). The van der Waals surface area contributed by atoms with E-state index in [0.717, 1.165) is 11.1 Å². The normalized spacial score (nSPS) is 12.3. The summed E-state index contributed by atoms with van der Waals surface area (Å²) in [6, 6.07) is 5.53. The third-order valence-electron chi connectivity index (χ3n) is 3.93. The van der Waals surface area contributed by atoms with Gasteiger partial charge in [0.2, 0.25) is 0 Å². The van der Waals surface area contributed by atoms with Crippen molar-refractivity contribution in [2.75, 3.05) is 0 Å². The number of carbonyl (C=O) groups excluding carboxylic acids is 1. The predicted molar refractivity (Wildman–Crippen MR) is 80.1 cm³/mol. The van der Waals surface area contributed by atoms with Crippen LogP contribution < -0.4 is 11.1 Å². The molecule has 0 heterocycles. The summed E-state index contributed by atoms with van der Waals surface area (Å²) in [7, 11) is 0. The second-order valence-electron chi connectivity index (χ2n) is 5.03. The van der Waals surface area contributed by atoms with Crippen molar-refractivity contribution in [2.45, 2.75) is 46.1 Å². The Hall–Kier alpha value is -2.04. The highest BCUT2D eigenvalue weighted by Gasteiger charge is 2.33. The second-order valence-corrected chi connectivity index (χ2v) is 5.03. The standard InChI is InChI=1S/C15H23N3O2/c1-5-15(6-2,14(16)18-20)17-13(19)12-8-7-10(3)11(4)9-12/h7-9,20H,5-6H2,1-4H3,(H2,16,18)(H,17,19). The molecule has 0 aromatic heterocycles. The number of nitrogens with zero attached hydrogens (tertiary/aromatic N) is 1. The van der Waals surface area contributed by atoms with Crippen LogP contribution in [0.15, 0.2) is 23.4 Å². The van der Waals surface area contributed by atoms with Crippen molar-refractivity contribution < 1.29 is 10.0 Å². The zero-order valence-electron chi connectivity index (χ0n) is 12.5. The first kappa shape index (κ1) is 16.0. The smallest absolute Gasteiger partial charge is 0.252 e. The van der Waals surface area contributed by atoms with E-state index in [1.165, 1.54) is 0 Å². The number of amidine groups is 1. The van der Waals surface area contributed by atoms with Crippen LogP contribution in [-0.4, -0.2) is 22.5 Å².